The first-order valence-corrected chi connectivity index (χ1v) is 10.6. The first-order chi connectivity index (χ1) is 15.3. The predicted molar refractivity (Wildman–Crippen MR) is 120 cm³/mol. The molecule has 1 aliphatic heterocycles. The van der Waals surface area contributed by atoms with Crippen molar-refractivity contribution in [1.29, 1.82) is 0 Å². The number of amides is 1. The van der Waals surface area contributed by atoms with Gasteiger partial charge in [-0.15, -0.1) is 0 Å². The molecule has 0 unspecified atom stereocenters. The molecule has 7 heteroatoms. The largest absolute Gasteiger partial charge is 0.444 e. The van der Waals surface area contributed by atoms with Gasteiger partial charge < -0.3 is 19.3 Å². The lowest BCUT2D eigenvalue weighted by atomic mass is 9.85. The molecule has 0 bridgehead atoms. The normalized spacial score (nSPS) is 14.8. The number of aliphatic hydroxyl groups is 1. The lowest BCUT2D eigenvalue weighted by molar-refractivity contribution is 0.0272. The summed E-state index contributed by atoms with van der Waals surface area (Å²) in [5, 5.41) is 15.9. The van der Waals surface area contributed by atoms with Gasteiger partial charge in [0.1, 0.15) is 5.60 Å². The zero-order valence-corrected chi connectivity index (χ0v) is 18.5. The van der Waals surface area contributed by atoms with Crippen molar-refractivity contribution < 1.29 is 19.2 Å². The van der Waals surface area contributed by atoms with Gasteiger partial charge in [-0.05, 0) is 38.3 Å². The summed E-state index contributed by atoms with van der Waals surface area (Å²) in [6.45, 7) is 6.36. The third-order valence-corrected chi connectivity index (χ3v) is 5.21. The van der Waals surface area contributed by atoms with Crippen LogP contribution in [0.1, 0.15) is 50.0 Å². The van der Waals surface area contributed by atoms with E-state index in [2.05, 4.69) is 10.1 Å². The number of hydrogen-bond acceptors (Lipinski definition) is 6. The molecule has 1 N–H and O–H groups in total. The molecule has 1 aromatic heterocycles. The number of carbonyl (C=O) groups is 1. The molecule has 2 heterocycles. The first kappa shape index (κ1) is 21.8. The zero-order valence-electron chi connectivity index (χ0n) is 18.5. The van der Waals surface area contributed by atoms with Crippen LogP contribution >= 0.6 is 0 Å². The summed E-state index contributed by atoms with van der Waals surface area (Å²) in [5.74, 6) is 0.415. The van der Waals surface area contributed by atoms with Gasteiger partial charge in [0, 0.05) is 12.1 Å². The number of aromatic nitrogens is 2. The maximum absolute atomic E-state index is 12.5. The third kappa shape index (κ3) is 4.43. The third-order valence-electron chi connectivity index (χ3n) is 5.21. The SMILES string of the molecule is CC(C)(C)OC(=O)N1CCC=C(c2nc(C(O)(c3ccccc3)c3ccccc3)no2)C1. The van der Waals surface area contributed by atoms with Crippen molar-refractivity contribution >= 4 is 11.7 Å². The van der Waals surface area contributed by atoms with Gasteiger partial charge in [-0.1, -0.05) is 71.9 Å². The minimum atomic E-state index is -1.58. The molecule has 3 aromatic rings. The highest BCUT2D eigenvalue weighted by atomic mass is 16.6. The molecule has 1 amide bonds. The Labute approximate surface area is 187 Å². The standard InChI is InChI=1S/C25H27N3O4/c1-24(2,3)31-23(29)28-16-10-11-18(17-28)21-26-22(27-32-21)25(30,19-12-6-4-7-13-19)20-14-8-5-9-15-20/h4-9,11-15,30H,10,16-17H2,1-3H3. The van der Waals surface area contributed by atoms with E-state index >= 15 is 0 Å². The van der Waals surface area contributed by atoms with Crippen LogP contribution in [0.2, 0.25) is 0 Å². The van der Waals surface area contributed by atoms with E-state index in [1.54, 1.807) is 4.90 Å². The van der Waals surface area contributed by atoms with Crippen molar-refractivity contribution in [2.24, 2.45) is 0 Å². The molecule has 4 rings (SSSR count). The first-order valence-electron chi connectivity index (χ1n) is 10.6. The van der Waals surface area contributed by atoms with Gasteiger partial charge in [-0.2, -0.15) is 4.98 Å². The fourth-order valence-corrected chi connectivity index (χ4v) is 3.67. The molecule has 0 atom stereocenters. The van der Waals surface area contributed by atoms with Crippen molar-refractivity contribution in [3.8, 4) is 0 Å². The van der Waals surface area contributed by atoms with Crippen molar-refractivity contribution in [2.45, 2.75) is 38.4 Å². The molecule has 0 fully saturated rings. The van der Waals surface area contributed by atoms with E-state index < -0.39 is 11.2 Å². The van der Waals surface area contributed by atoms with Gasteiger partial charge in [0.05, 0.1) is 6.54 Å². The summed E-state index contributed by atoms with van der Waals surface area (Å²) < 4.78 is 11.0. The Balaban J connectivity index is 1.65. The van der Waals surface area contributed by atoms with Crippen molar-refractivity contribution in [3.63, 3.8) is 0 Å². The second-order valence-corrected chi connectivity index (χ2v) is 8.79. The molecule has 2 aromatic carbocycles. The van der Waals surface area contributed by atoms with E-state index in [9.17, 15) is 9.90 Å². The molecule has 32 heavy (non-hydrogen) atoms. The molecule has 0 saturated carbocycles. The number of benzene rings is 2. The summed E-state index contributed by atoms with van der Waals surface area (Å²) in [6.07, 6.45) is 2.24. The minimum absolute atomic E-state index is 0.139. The summed E-state index contributed by atoms with van der Waals surface area (Å²) in [4.78, 5) is 18.7. The number of carbonyl (C=O) groups excluding carboxylic acids is 1. The van der Waals surface area contributed by atoms with Crippen LogP contribution in [-0.4, -0.2) is 44.9 Å². The van der Waals surface area contributed by atoms with E-state index in [0.717, 1.165) is 5.57 Å². The van der Waals surface area contributed by atoms with E-state index in [-0.39, 0.29) is 17.8 Å². The molecular formula is C25H27N3O4. The Morgan fingerprint density at radius 1 is 1.03 bits per heavy atom. The smallest absolute Gasteiger partial charge is 0.410 e. The van der Waals surface area contributed by atoms with Gasteiger partial charge >= 0.3 is 6.09 Å². The van der Waals surface area contributed by atoms with Gasteiger partial charge in [0.2, 0.25) is 5.82 Å². The Morgan fingerprint density at radius 3 is 2.19 bits per heavy atom. The second-order valence-electron chi connectivity index (χ2n) is 8.79. The fraction of sp³-hybridized carbons (Fsp3) is 0.320. The number of ether oxygens (including phenoxy) is 1. The highest BCUT2D eigenvalue weighted by molar-refractivity contribution is 5.73. The fourth-order valence-electron chi connectivity index (χ4n) is 3.67. The molecule has 1 aliphatic rings. The number of rotatable bonds is 4. The molecule has 0 aliphatic carbocycles. The van der Waals surface area contributed by atoms with Gasteiger partial charge in [-0.3, -0.25) is 0 Å². The molecule has 166 valence electrons. The van der Waals surface area contributed by atoms with Crippen molar-refractivity contribution in [1.82, 2.24) is 15.0 Å². The zero-order chi connectivity index (χ0) is 22.8. The lowest BCUT2D eigenvalue weighted by Gasteiger charge is -2.29. The Morgan fingerprint density at radius 2 is 1.62 bits per heavy atom. The summed E-state index contributed by atoms with van der Waals surface area (Å²) in [7, 11) is 0. The molecule has 0 spiro atoms. The summed E-state index contributed by atoms with van der Waals surface area (Å²) in [6, 6.07) is 18.5. The van der Waals surface area contributed by atoms with Crippen LogP contribution in [0.25, 0.3) is 5.57 Å². The van der Waals surface area contributed by atoms with Crippen LogP contribution in [0.3, 0.4) is 0 Å². The van der Waals surface area contributed by atoms with Crippen molar-refractivity contribution in [2.75, 3.05) is 13.1 Å². The van der Waals surface area contributed by atoms with E-state index in [0.29, 0.717) is 30.6 Å². The summed E-state index contributed by atoms with van der Waals surface area (Å²) >= 11 is 0. The second kappa shape index (κ2) is 8.59. The highest BCUT2D eigenvalue weighted by Gasteiger charge is 2.39. The lowest BCUT2D eigenvalue weighted by Crippen LogP contribution is -2.39. The van der Waals surface area contributed by atoms with Gasteiger partial charge in [-0.25, -0.2) is 4.79 Å². The van der Waals surface area contributed by atoms with Gasteiger partial charge in [0.15, 0.2) is 5.60 Å². The number of nitrogens with zero attached hydrogens (tertiary/aromatic N) is 3. The molecule has 0 saturated heterocycles. The van der Waals surface area contributed by atoms with E-state index in [4.69, 9.17) is 9.26 Å². The average molecular weight is 434 g/mol. The maximum atomic E-state index is 12.5. The van der Waals surface area contributed by atoms with Crippen LogP contribution in [0, 0.1) is 0 Å². The van der Waals surface area contributed by atoms with Crippen LogP contribution in [0.5, 0.6) is 0 Å². The molecule has 0 radical (unpaired) electrons. The average Bonchev–Trinajstić information content (AvgIpc) is 3.30. The van der Waals surface area contributed by atoms with Crippen LogP contribution < -0.4 is 0 Å². The predicted octanol–water partition coefficient (Wildman–Crippen LogP) is 4.38. The van der Waals surface area contributed by atoms with Crippen LogP contribution in [-0.2, 0) is 10.3 Å². The quantitative estimate of drug-likeness (QED) is 0.657. The van der Waals surface area contributed by atoms with E-state index in [1.807, 2.05) is 87.5 Å². The van der Waals surface area contributed by atoms with E-state index in [1.165, 1.54) is 0 Å². The molecule has 7 nitrogen and oxygen atoms in total. The number of hydrogen-bond donors (Lipinski definition) is 1. The van der Waals surface area contributed by atoms with Crippen LogP contribution in [0.15, 0.2) is 71.3 Å². The Hall–Kier alpha value is -3.45. The summed E-state index contributed by atoms with van der Waals surface area (Å²) in [5.41, 5.74) is -0.162. The minimum Gasteiger partial charge on any atom is -0.444 e. The Bertz CT molecular complexity index is 1060. The maximum Gasteiger partial charge on any atom is 0.410 e. The van der Waals surface area contributed by atoms with Crippen molar-refractivity contribution in [3.05, 3.63) is 89.6 Å². The monoisotopic (exact) mass is 433 g/mol. The van der Waals surface area contributed by atoms with Gasteiger partial charge in [0.25, 0.3) is 5.89 Å². The molecular weight excluding hydrogens is 406 g/mol. The van der Waals surface area contributed by atoms with Crippen LogP contribution in [0.4, 0.5) is 4.79 Å². The topological polar surface area (TPSA) is 88.7 Å². The Kier molecular flexibility index (Phi) is 5.84. The highest BCUT2D eigenvalue weighted by Crippen LogP contribution is 2.35.